The second-order valence-corrected chi connectivity index (χ2v) is 6.07. The van der Waals surface area contributed by atoms with Crippen LogP contribution < -0.4 is 4.90 Å². The Kier molecular flexibility index (Phi) is 5.79. The van der Waals surface area contributed by atoms with Gasteiger partial charge in [0.15, 0.2) is 0 Å². The van der Waals surface area contributed by atoms with Gasteiger partial charge in [-0.05, 0) is 24.6 Å². The van der Waals surface area contributed by atoms with E-state index in [-0.39, 0.29) is 16.6 Å². The fourth-order valence-corrected chi connectivity index (χ4v) is 2.87. The van der Waals surface area contributed by atoms with E-state index in [0.29, 0.717) is 32.6 Å². The predicted molar refractivity (Wildman–Crippen MR) is 84.8 cm³/mol. The molecule has 1 fully saturated rings. The van der Waals surface area contributed by atoms with Crippen molar-refractivity contribution in [2.75, 3.05) is 31.1 Å². The average Bonchev–Trinajstić information content (AvgIpc) is 2.52. The number of carbonyl (C=O) groups excluding carboxylic acids is 1. The number of benzene rings is 1. The molecule has 7 heteroatoms. The number of amides is 1. The van der Waals surface area contributed by atoms with Crippen LogP contribution in [0.5, 0.6) is 0 Å². The molecule has 0 radical (unpaired) electrons. The lowest BCUT2D eigenvalue weighted by atomic mass is 10.1. The maximum atomic E-state index is 13.2. The van der Waals surface area contributed by atoms with Crippen LogP contribution in [0.1, 0.15) is 31.7 Å². The number of hydrogen-bond donors (Lipinski definition) is 0. The van der Waals surface area contributed by atoms with Crippen LogP contribution in [0, 0.1) is 0 Å². The SMILES string of the molecule is CCCCC(=O)N1CCN(c2ccc(Cl)cc2C(F)(F)F)CC1. The summed E-state index contributed by atoms with van der Waals surface area (Å²) in [5.41, 5.74) is -0.599. The molecular formula is C16H20ClF3N2O. The van der Waals surface area contributed by atoms with E-state index in [1.807, 2.05) is 6.92 Å². The van der Waals surface area contributed by atoms with Crippen LogP contribution in [-0.2, 0) is 11.0 Å². The summed E-state index contributed by atoms with van der Waals surface area (Å²) in [5.74, 6) is 0.0821. The van der Waals surface area contributed by atoms with E-state index in [2.05, 4.69) is 0 Å². The van der Waals surface area contributed by atoms with Gasteiger partial charge in [-0.25, -0.2) is 0 Å². The summed E-state index contributed by atoms with van der Waals surface area (Å²) in [7, 11) is 0. The van der Waals surface area contributed by atoms with Gasteiger partial charge in [0.1, 0.15) is 0 Å². The summed E-state index contributed by atoms with van der Waals surface area (Å²) in [4.78, 5) is 15.4. The smallest absolute Gasteiger partial charge is 0.367 e. The lowest BCUT2D eigenvalue weighted by Gasteiger charge is -2.37. The van der Waals surface area contributed by atoms with Gasteiger partial charge in [-0.15, -0.1) is 0 Å². The molecule has 1 saturated heterocycles. The molecule has 3 nitrogen and oxygen atoms in total. The number of anilines is 1. The molecule has 1 aromatic carbocycles. The van der Waals surface area contributed by atoms with Gasteiger partial charge in [-0.2, -0.15) is 13.2 Å². The first kappa shape index (κ1) is 17.9. The zero-order valence-electron chi connectivity index (χ0n) is 13.0. The molecule has 23 heavy (non-hydrogen) atoms. The number of halogens is 4. The molecule has 1 aliphatic rings. The monoisotopic (exact) mass is 348 g/mol. The maximum Gasteiger partial charge on any atom is 0.418 e. The van der Waals surface area contributed by atoms with Crippen molar-refractivity contribution in [3.63, 3.8) is 0 Å². The van der Waals surface area contributed by atoms with E-state index in [9.17, 15) is 18.0 Å². The van der Waals surface area contributed by atoms with Crippen molar-refractivity contribution < 1.29 is 18.0 Å². The Hall–Kier alpha value is -1.43. The molecule has 128 valence electrons. The van der Waals surface area contributed by atoms with Crippen LogP contribution in [-0.4, -0.2) is 37.0 Å². The molecule has 0 atom stereocenters. The Bertz CT molecular complexity index is 555. The topological polar surface area (TPSA) is 23.6 Å². The van der Waals surface area contributed by atoms with E-state index < -0.39 is 11.7 Å². The minimum absolute atomic E-state index is 0.0643. The molecule has 2 rings (SSSR count). The zero-order chi connectivity index (χ0) is 17.0. The standard InChI is InChI=1S/C16H20ClF3N2O/c1-2-3-4-15(23)22-9-7-21(8-10-22)14-6-5-12(17)11-13(14)16(18,19)20/h5-6,11H,2-4,7-10H2,1H3. The van der Waals surface area contributed by atoms with Gasteiger partial charge in [0, 0.05) is 43.3 Å². The number of carbonyl (C=O) groups is 1. The third kappa shape index (κ3) is 4.53. The van der Waals surface area contributed by atoms with Crippen LogP contribution >= 0.6 is 11.6 Å². The molecule has 1 amide bonds. The van der Waals surface area contributed by atoms with Crippen molar-refractivity contribution >= 4 is 23.2 Å². The van der Waals surface area contributed by atoms with Crippen molar-refractivity contribution in [2.24, 2.45) is 0 Å². The molecule has 0 N–H and O–H groups in total. The van der Waals surface area contributed by atoms with Crippen LogP contribution in [0.4, 0.5) is 18.9 Å². The molecule has 0 bridgehead atoms. The molecule has 0 aliphatic carbocycles. The van der Waals surface area contributed by atoms with E-state index >= 15 is 0 Å². The van der Waals surface area contributed by atoms with Crippen molar-refractivity contribution in [3.05, 3.63) is 28.8 Å². The van der Waals surface area contributed by atoms with Crippen molar-refractivity contribution in [1.29, 1.82) is 0 Å². The highest BCUT2D eigenvalue weighted by Gasteiger charge is 2.36. The van der Waals surface area contributed by atoms with Crippen LogP contribution in [0.15, 0.2) is 18.2 Å². The molecule has 0 spiro atoms. The summed E-state index contributed by atoms with van der Waals surface area (Å²) in [5, 5.41) is 0.0643. The molecule has 0 unspecified atom stereocenters. The predicted octanol–water partition coefficient (Wildman–Crippen LogP) is 4.20. The second kappa shape index (κ2) is 7.43. The third-order valence-electron chi connectivity index (χ3n) is 3.98. The normalized spacial score (nSPS) is 15.9. The Morgan fingerprint density at radius 2 is 1.87 bits per heavy atom. The van der Waals surface area contributed by atoms with E-state index in [4.69, 9.17) is 11.6 Å². The lowest BCUT2D eigenvalue weighted by Crippen LogP contribution is -2.49. The summed E-state index contributed by atoms with van der Waals surface area (Å²) >= 11 is 5.70. The van der Waals surface area contributed by atoms with Gasteiger partial charge in [0.05, 0.1) is 5.56 Å². The first-order valence-corrected chi connectivity index (χ1v) is 8.10. The Labute approximate surface area is 139 Å². The number of nitrogens with zero attached hydrogens (tertiary/aromatic N) is 2. The first-order chi connectivity index (χ1) is 10.8. The van der Waals surface area contributed by atoms with Crippen LogP contribution in [0.3, 0.4) is 0 Å². The van der Waals surface area contributed by atoms with Crippen molar-refractivity contribution in [1.82, 2.24) is 4.90 Å². The van der Waals surface area contributed by atoms with Crippen molar-refractivity contribution in [2.45, 2.75) is 32.4 Å². The highest BCUT2D eigenvalue weighted by Crippen LogP contribution is 2.38. The fourth-order valence-electron chi connectivity index (χ4n) is 2.69. The number of piperazine rings is 1. The third-order valence-corrected chi connectivity index (χ3v) is 4.22. The van der Waals surface area contributed by atoms with Crippen LogP contribution in [0.25, 0.3) is 0 Å². The van der Waals surface area contributed by atoms with E-state index in [0.717, 1.165) is 18.9 Å². The van der Waals surface area contributed by atoms with E-state index in [1.54, 1.807) is 9.80 Å². The summed E-state index contributed by atoms with van der Waals surface area (Å²) < 4.78 is 39.5. The maximum absolute atomic E-state index is 13.2. The highest BCUT2D eigenvalue weighted by molar-refractivity contribution is 6.30. The zero-order valence-corrected chi connectivity index (χ0v) is 13.8. The minimum Gasteiger partial charge on any atom is -0.367 e. The molecule has 1 aliphatic heterocycles. The molecule has 1 heterocycles. The number of rotatable bonds is 4. The number of unbranched alkanes of at least 4 members (excludes halogenated alkanes) is 1. The second-order valence-electron chi connectivity index (χ2n) is 5.63. The fraction of sp³-hybridized carbons (Fsp3) is 0.562. The van der Waals surface area contributed by atoms with Gasteiger partial charge in [-0.1, -0.05) is 24.9 Å². The lowest BCUT2D eigenvalue weighted by molar-refractivity contribution is -0.137. The number of hydrogen-bond acceptors (Lipinski definition) is 2. The van der Waals surface area contributed by atoms with Gasteiger partial charge in [0.2, 0.25) is 5.91 Å². The molecular weight excluding hydrogens is 329 g/mol. The largest absolute Gasteiger partial charge is 0.418 e. The van der Waals surface area contributed by atoms with E-state index in [1.165, 1.54) is 12.1 Å². The highest BCUT2D eigenvalue weighted by atomic mass is 35.5. The van der Waals surface area contributed by atoms with Gasteiger partial charge in [-0.3, -0.25) is 4.79 Å². The number of alkyl halides is 3. The Morgan fingerprint density at radius 1 is 1.22 bits per heavy atom. The van der Waals surface area contributed by atoms with Crippen molar-refractivity contribution in [3.8, 4) is 0 Å². The van der Waals surface area contributed by atoms with Gasteiger partial charge >= 0.3 is 6.18 Å². The van der Waals surface area contributed by atoms with Gasteiger partial charge in [0.25, 0.3) is 0 Å². The molecule has 0 saturated carbocycles. The quantitative estimate of drug-likeness (QED) is 0.814. The molecule has 1 aromatic rings. The minimum atomic E-state index is -4.45. The Morgan fingerprint density at radius 3 is 2.43 bits per heavy atom. The summed E-state index contributed by atoms with van der Waals surface area (Å²) in [6.45, 7) is 3.69. The first-order valence-electron chi connectivity index (χ1n) is 7.72. The van der Waals surface area contributed by atoms with Crippen LogP contribution in [0.2, 0.25) is 5.02 Å². The van der Waals surface area contributed by atoms with Gasteiger partial charge < -0.3 is 9.80 Å². The Balaban J connectivity index is 2.07. The summed E-state index contributed by atoms with van der Waals surface area (Å²) in [6.07, 6.45) is -2.15. The summed E-state index contributed by atoms with van der Waals surface area (Å²) in [6, 6.07) is 3.82. The average molecular weight is 349 g/mol. The molecule has 0 aromatic heterocycles.